The number of nitrogens with one attached hydrogen (secondary N) is 1. The van der Waals surface area contributed by atoms with Crippen LogP contribution in [0.2, 0.25) is 0 Å². The van der Waals surface area contributed by atoms with Gasteiger partial charge in [-0.3, -0.25) is 9.59 Å². The van der Waals surface area contributed by atoms with Gasteiger partial charge in [-0.1, -0.05) is 6.07 Å². The van der Waals surface area contributed by atoms with E-state index in [-0.39, 0.29) is 5.69 Å². The first-order valence-electron chi connectivity index (χ1n) is 5.13. The fourth-order valence-corrected chi connectivity index (χ4v) is 1.35. The number of hydrogen-bond acceptors (Lipinski definition) is 4. The van der Waals surface area contributed by atoms with E-state index < -0.39 is 41.7 Å². The first-order chi connectivity index (χ1) is 8.82. The molecule has 8 heteroatoms. The van der Waals surface area contributed by atoms with E-state index in [1.807, 2.05) is 0 Å². The largest absolute Gasteiger partial charge is 0.481 e. The molecule has 0 saturated heterocycles. The van der Waals surface area contributed by atoms with Gasteiger partial charge in [-0.15, -0.1) is 0 Å². The van der Waals surface area contributed by atoms with Gasteiger partial charge in [0, 0.05) is 0 Å². The second-order valence-electron chi connectivity index (χ2n) is 3.66. The number of rotatable bonds is 5. The average molecular weight is 270 g/mol. The van der Waals surface area contributed by atoms with Crippen molar-refractivity contribution in [2.24, 2.45) is 5.73 Å². The highest BCUT2D eigenvalue weighted by Gasteiger charge is 2.21. The lowest BCUT2D eigenvalue weighted by Gasteiger charge is -2.12. The van der Waals surface area contributed by atoms with Crippen LogP contribution in [0.15, 0.2) is 18.2 Å². The van der Waals surface area contributed by atoms with Gasteiger partial charge in [-0.2, -0.15) is 0 Å². The third-order valence-corrected chi connectivity index (χ3v) is 2.22. The van der Waals surface area contributed by atoms with Gasteiger partial charge in [0.25, 0.3) is 0 Å². The summed E-state index contributed by atoms with van der Waals surface area (Å²) < 4.78 is 13.3. The van der Waals surface area contributed by atoms with E-state index in [0.717, 1.165) is 6.07 Å². The van der Waals surface area contributed by atoms with Crippen LogP contribution in [0.3, 0.4) is 0 Å². The minimum absolute atomic E-state index is 0.279. The summed E-state index contributed by atoms with van der Waals surface area (Å²) >= 11 is 0. The van der Waals surface area contributed by atoms with E-state index in [9.17, 15) is 18.8 Å². The van der Waals surface area contributed by atoms with E-state index in [2.05, 4.69) is 5.32 Å². The molecule has 102 valence electrons. The van der Waals surface area contributed by atoms with Crippen LogP contribution in [0.5, 0.6) is 0 Å². The van der Waals surface area contributed by atoms with Crippen molar-refractivity contribution in [2.45, 2.75) is 12.5 Å². The van der Waals surface area contributed by atoms with Crippen LogP contribution < -0.4 is 11.1 Å². The molecule has 0 fully saturated rings. The summed E-state index contributed by atoms with van der Waals surface area (Å²) in [5.41, 5.74) is 4.31. The molecule has 19 heavy (non-hydrogen) atoms. The van der Waals surface area contributed by atoms with Crippen molar-refractivity contribution >= 4 is 23.5 Å². The highest BCUT2D eigenvalue weighted by atomic mass is 19.1. The SMILES string of the molecule is NC(CC(=O)O)C(=O)Nc1cccc(F)c1C(=O)O. The lowest BCUT2D eigenvalue weighted by molar-refractivity contribution is -0.138. The van der Waals surface area contributed by atoms with Crippen LogP contribution in [0.25, 0.3) is 0 Å². The Morgan fingerprint density at radius 3 is 2.47 bits per heavy atom. The summed E-state index contributed by atoms with van der Waals surface area (Å²) in [6.07, 6.45) is -0.621. The van der Waals surface area contributed by atoms with Gasteiger partial charge in [0.05, 0.1) is 18.2 Å². The molecule has 1 amide bonds. The first-order valence-corrected chi connectivity index (χ1v) is 5.13. The van der Waals surface area contributed by atoms with Gasteiger partial charge in [-0.05, 0) is 12.1 Å². The molecule has 1 atom stereocenters. The fraction of sp³-hybridized carbons (Fsp3) is 0.182. The first kappa shape index (κ1) is 14.6. The van der Waals surface area contributed by atoms with Gasteiger partial charge in [0.1, 0.15) is 11.4 Å². The van der Waals surface area contributed by atoms with Crippen molar-refractivity contribution < 1.29 is 29.0 Å². The van der Waals surface area contributed by atoms with E-state index in [1.165, 1.54) is 12.1 Å². The number of carbonyl (C=O) groups excluding carboxylic acids is 1. The molecule has 1 aromatic carbocycles. The minimum Gasteiger partial charge on any atom is -0.481 e. The molecule has 0 saturated carbocycles. The van der Waals surface area contributed by atoms with Gasteiger partial charge < -0.3 is 21.3 Å². The third kappa shape index (κ3) is 3.75. The predicted molar refractivity (Wildman–Crippen MR) is 62.2 cm³/mol. The molecule has 1 rings (SSSR count). The number of anilines is 1. The number of benzene rings is 1. The Morgan fingerprint density at radius 1 is 1.32 bits per heavy atom. The third-order valence-electron chi connectivity index (χ3n) is 2.22. The Hall–Kier alpha value is -2.48. The van der Waals surface area contributed by atoms with Crippen molar-refractivity contribution in [1.29, 1.82) is 0 Å². The Labute approximate surface area is 106 Å². The van der Waals surface area contributed by atoms with E-state index >= 15 is 0 Å². The maximum atomic E-state index is 13.3. The van der Waals surface area contributed by atoms with Crippen LogP contribution in [0, 0.1) is 5.82 Å². The molecular formula is C11H11FN2O5. The number of amides is 1. The monoisotopic (exact) mass is 270 g/mol. The summed E-state index contributed by atoms with van der Waals surface area (Å²) in [6, 6.07) is 1.95. The van der Waals surface area contributed by atoms with Crippen LogP contribution in [0.4, 0.5) is 10.1 Å². The van der Waals surface area contributed by atoms with Crippen LogP contribution in [-0.2, 0) is 9.59 Å². The number of carbonyl (C=O) groups is 3. The summed E-state index contributed by atoms with van der Waals surface area (Å²) in [7, 11) is 0. The number of halogens is 1. The number of aromatic carboxylic acids is 1. The molecule has 7 nitrogen and oxygen atoms in total. The van der Waals surface area contributed by atoms with Crippen molar-refractivity contribution in [2.75, 3.05) is 5.32 Å². The molecule has 0 bridgehead atoms. The Balaban J connectivity index is 2.94. The zero-order chi connectivity index (χ0) is 14.6. The summed E-state index contributed by atoms with van der Waals surface area (Å²) in [5.74, 6) is -4.76. The standard InChI is InChI=1S/C11H11FN2O5/c12-5-2-1-3-7(9(5)11(18)19)14-10(17)6(13)4-8(15)16/h1-3,6H,4,13H2,(H,14,17)(H,15,16)(H,18,19). The Bertz CT molecular complexity index is 532. The fourth-order valence-electron chi connectivity index (χ4n) is 1.35. The van der Waals surface area contributed by atoms with Crippen LogP contribution in [0.1, 0.15) is 16.8 Å². The molecule has 0 heterocycles. The van der Waals surface area contributed by atoms with Gasteiger partial charge in [0.15, 0.2) is 0 Å². The number of nitrogens with two attached hydrogens (primary N) is 1. The van der Waals surface area contributed by atoms with E-state index in [4.69, 9.17) is 15.9 Å². The van der Waals surface area contributed by atoms with E-state index in [0.29, 0.717) is 0 Å². The summed E-state index contributed by atoms with van der Waals surface area (Å²) in [6.45, 7) is 0. The summed E-state index contributed by atoms with van der Waals surface area (Å²) in [5, 5.41) is 19.4. The number of carboxylic acids is 2. The minimum atomic E-state index is -1.56. The quantitative estimate of drug-likeness (QED) is 0.607. The molecule has 1 aromatic rings. The highest BCUT2D eigenvalue weighted by molar-refractivity contribution is 6.02. The number of aliphatic carboxylic acids is 1. The number of carboxylic acid groups (broad SMARTS) is 2. The van der Waals surface area contributed by atoms with E-state index in [1.54, 1.807) is 0 Å². The predicted octanol–water partition coefficient (Wildman–Crippen LogP) is 0.264. The maximum absolute atomic E-state index is 13.3. The van der Waals surface area contributed by atoms with Crippen molar-refractivity contribution in [3.8, 4) is 0 Å². The molecule has 0 aliphatic rings. The topological polar surface area (TPSA) is 130 Å². The maximum Gasteiger partial charge on any atom is 0.340 e. The van der Waals surface area contributed by atoms with Crippen LogP contribution in [-0.4, -0.2) is 34.1 Å². The van der Waals surface area contributed by atoms with Gasteiger partial charge in [-0.25, -0.2) is 9.18 Å². The summed E-state index contributed by atoms with van der Waals surface area (Å²) in [4.78, 5) is 32.8. The zero-order valence-corrected chi connectivity index (χ0v) is 9.59. The average Bonchev–Trinajstić information content (AvgIpc) is 2.27. The molecule has 0 radical (unpaired) electrons. The zero-order valence-electron chi connectivity index (χ0n) is 9.59. The van der Waals surface area contributed by atoms with Gasteiger partial charge >= 0.3 is 11.9 Å². The Kier molecular flexibility index (Phi) is 4.54. The Morgan fingerprint density at radius 2 is 1.95 bits per heavy atom. The second kappa shape index (κ2) is 5.91. The van der Waals surface area contributed by atoms with Crippen molar-refractivity contribution in [3.63, 3.8) is 0 Å². The smallest absolute Gasteiger partial charge is 0.340 e. The molecule has 1 unspecified atom stereocenters. The highest BCUT2D eigenvalue weighted by Crippen LogP contribution is 2.19. The molecular weight excluding hydrogens is 259 g/mol. The molecule has 0 spiro atoms. The number of hydrogen-bond donors (Lipinski definition) is 4. The second-order valence-corrected chi connectivity index (χ2v) is 3.66. The normalized spacial score (nSPS) is 11.7. The lowest BCUT2D eigenvalue weighted by Crippen LogP contribution is -2.37. The molecule has 0 aromatic heterocycles. The molecule has 0 aliphatic heterocycles. The van der Waals surface area contributed by atoms with Gasteiger partial charge in [0.2, 0.25) is 5.91 Å². The molecule has 5 N–H and O–H groups in total. The van der Waals surface area contributed by atoms with Crippen molar-refractivity contribution in [3.05, 3.63) is 29.6 Å². The van der Waals surface area contributed by atoms with Crippen LogP contribution >= 0.6 is 0 Å². The molecule has 0 aliphatic carbocycles. The van der Waals surface area contributed by atoms with Crippen molar-refractivity contribution in [1.82, 2.24) is 0 Å². The lowest BCUT2D eigenvalue weighted by atomic mass is 10.1.